The van der Waals surface area contributed by atoms with Gasteiger partial charge in [0, 0.05) is 21.8 Å². The Balaban J connectivity index is 2.32. The lowest BCUT2D eigenvalue weighted by molar-refractivity contribution is -0.384. The molecule has 1 aromatic heterocycles. The second-order valence-electron chi connectivity index (χ2n) is 7.79. The minimum atomic E-state index is -2.85. The van der Waals surface area contributed by atoms with Crippen molar-refractivity contribution in [3.63, 3.8) is 0 Å². The highest BCUT2D eigenvalue weighted by atomic mass is 79.9. The van der Waals surface area contributed by atoms with Gasteiger partial charge in [0.2, 0.25) is 7.28 Å². The normalized spacial score (nSPS) is 13.5. The summed E-state index contributed by atoms with van der Waals surface area (Å²) in [6.45, 7) is 8.02. The molecule has 0 amide bonds. The number of non-ortho nitro benzene ring substituents is 1. The zero-order chi connectivity index (χ0) is 23.0. The first-order chi connectivity index (χ1) is 14.4. The summed E-state index contributed by atoms with van der Waals surface area (Å²) in [7, 11) is -2.85. The SMILES string of the molecule is Cc1ccc([P@](=Nc2ccc([N+](=O)[O-])cc2Br)(Oc2ccc(Br)cc2Br)C(C)(C)C)o1. The smallest absolute Gasteiger partial charge is 0.270 e. The molecule has 0 saturated carbocycles. The molecule has 164 valence electrons. The van der Waals surface area contributed by atoms with Crippen molar-refractivity contribution in [1.82, 2.24) is 0 Å². The van der Waals surface area contributed by atoms with Gasteiger partial charge in [-0.2, -0.15) is 0 Å². The number of hydrogen-bond donors (Lipinski definition) is 0. The highest BCUT2D eigenvalue weighted by Gasteiger charge is 2.42. The molecule has 0 saturated heterocycles. The maximum atomic E-state index is 11.2. The summed E-state index contributed by atoms with van der Waals surface area (Å²) in [4.78, 5) is 10.7. The van der Waals surface area contributed by atoms with Crippen LogP contribution in [-0.4, -0.2) is 10.1 Å². The zero-order valence-electron chi connectivity index (χ0n) is 17.2. The van der Waals surface area contributed by atoms with Gasteiger partial charge in [-0.05, 0) is 75.2 Å². The second-order valence-corrected chi connectivity index (χ2v) is 13.7. The highest BCUT2D eigenvalue weighted by molar-refractivity contribution is 9.11. The summed E-state index contributed by atoms with van der Waals surface area (Å²) in [6, 6.07) is 13.9. The van der Waals surface area contributed by atoms with Gasteiger partial charge in [-0.25, -0.2) is 4.74 Å². The molecule has 31 heavy (non-hydrogen) atoms. The molecule has 1 atom stereocenters. The van der Waals surface area contributed by atoms with Crippen LogP contribution in [0.3, 0.4) is 0 Å². The Labute approximate surface area is 206 Å². The van der Waals surface area contributed by atoms with Crippen molar-refractivity contribution in [2.24, 2.45) is 4.74 Å². The molecule has 6 nitrogen and oxygen atoms in total. The average molecular weight is 635 g/mol. The van der Waals surface area contributed by atoms with Crippen LogP contribution in [0, 0.1) is 17.0 Å². The number of aryl methyl sites for hydroxylation is 1. The minimum Gasteiger partial charge on any atom is -0.457 e. The molecule has 3 rings (SSSR count). The third-order valence-corrected chi connectivity index (χ3v) is 9.81. The van der Waals surface area contributed by atoms with Gasteiger partial charge >= 0.3 is 0 Å². The van der Waals surface area contributed by atoms with Crippen LogP contribution in [-0.2, 0) is 0 Å². The van der Waals surface area contributed by atoms with Crippen LogP contribution in [0.5, 0.6) is 5.75 Å². The van der Waals surface area contributed by atoms with E-state index in [9.17, 15) is 10.1 Å². The molecule has 1 heterocycles. The van der Waals surface area contributed by atoms with E-state index in [0.717, 1.165) is 14.7 Å². The lowest BCUT2D eigenvalue weighted by Crippen LogP contribution is -2.26. The fourth-order valence-corrected chi connectivity index (χ4v) is 7.63. The summed E-state index contributed by atoms with van der Waals surface area (Å²) in [5.74, 6) is 1.38. The van der Waals surface area contributed by atoms with E-state index in [2.05, 4.69) is 47.8 Å². The fourth-order valence-electron chi connectivity index (χ4n) is 2.85. The molecule has 0 unspecified atom stereocenters. The Bertz CT molecular complexity index is 1200. The van der Waals surface area contributed by atoms with Crippen LogP contribution in [0.4, 0.5) is 11.4 Å². The maximum absolute atomic E-state index is 11.2. The van der Waals surface area contributed by atoms with E-state index in [4.69, 9.17) is 13.7 Å². The lowest BCUT2D eigenvalue weighted by atomic mass is 10.3. The first kappa shape index (κ1) is 24.2. The topological polar surface area (TPSA) is 77.9 Å². The number of halogens is 3. The fraction of sp³-hybridized carbons (Fsp3) is 0.238. The number of nitro groups is 1. The monoisotopic (exact) mass is 632 g/mol. The summed E-state index contributed by atoms with van der Waals surface area (Å²) in [5.41, 5.74) is 1.17. The van der Waals surface area contributed by atoms with E-state index in [0.29, 0.717) is 21.4 Å². The molecule has 0 aliphatic heterocycles. The predicted octanol–water partition coefficient (Wildman–Crippen LogP) is 8.73. The number of nitrogens with zero attached hydrogens (tertiary/aromatic N) is 2. The first-order valence-electron chi connectivity index (χ1n) is 9.21. The van der Waals surface area contributed by atoms with Gasteiger partial charge in [0.25, 0.3) is 5.69 Å². The van der Waals surface area contributed by atoms with E-state index in [-0.39, 0.29) is 5.69 Å². The van der Waals surface area contributed by atoms with Crippen LogP contribution in [0.2, 0.25) is 0 Å². The first-order valence-corrected chi connectivity index (χ1v) is 13.2. The minimum absolute atomic E-state index is 0.0177. The van der Waals surface area contributed by atoms with E-state index in [1.807, 2.05) is 58.0 Å². The standard InChI is InChI=1S/C21H20Br3N2O4P/c1-13-5-10-20(29-13)31(21(2,3)4,30-19-9-6-14(22)11-17(19)24)25-18-8-7-15(26(27)28)12-16(18)23/h5-12H,1-4H3/t31-/m0/s1. The molecule has 0 radical (unpaired) electrons. The summed E-state index contributed by atoms with van der Waals surface area (Å²) in [6.07, 6.45) is 0. The highest BCUT2D eigenvalue weighted by Crippen LogP contribution is 2.63. The van der Waals surface area contributed by atoms with Crippen molar-refractivity contribution in [2.45, 2.75) is 32.9 Å². The molecule has 0 bridgehead atoms. The Morgan fingerprint density at radius 1 is 1.03 bits per heavy atom. The van der Waals surface area contributed by atoms with Crippen LogP contribution in [0.1, 0.15) is 26.5 Å². The van der Waals surface area contributed by atoms with E-state index in [1.165, 1.54) is 12.1 Å². The van der Waals surface area contributed by atoms with Crippen molar-refractivity contribution in [3.05, 3.63) is 77.8 Å². The third-order valence-electron chi connectivity index (χ3n) is 4.45. The van der Waals surface area contributed by atoms with Crippen molar-refractivity contribution >= 4 is 71.9 Å². The Hall–Kier alpha value is -1.41. The predicted molar refractivity (Wildman–Crippen MR) is 135 cm³/mol. The largest absolute Gasteiger partial charge is 0.457 e. The Morgan fingerprint density at radius 3 is 2.26 bits per heavy atom. The van der Waals surface area contributed by atoms with Crippen LogP contribution >= 0.6 is 55.1 Å². The van der Waals surface area contributed by atoms with Crippen molar-refractivity contribution < 1.29 is 13.9 Å². The van der Waals surface area contributed by atoms with Gasteiger partial charge in [-0.3, -0.25) is 10.1 Å². The molecule has 3 aromatic rings. The number of rotatable bonds is 5. The summed E-state index contributed by atoms with van der Waals surface area (Å²) in [5, 5.41) is 10.7. The van der Waals surface area contributed by atoms with Crippen molar-refractivity contribution in [1.29, 1.82) is 0 Å². The Morgan fingerprint density at radius 2 is 1.74 bits per heavy atom. The summed E-state index contributed by atoms with van der Waals surface area (Å²) < 4.78 is 20.1. The van der Waals surface area contributed by atoms with Crippen molar-refractivity contribution in [3.8, 4) is 5.75 Å². The van der Waals surface area contributed by atoms with Gasteiger partial charge in [0.1, 0.15) is 11.5 Å². The van der Waals surface area contributed by atoms with Gasteiger partial charge in [-0.1, -0.05) is 36.7 Å². The molecular weight excluding hydrogens is 615 g/mol. The number of benzene rings is 2. The lowest BCUT2D eigenvalue weighted by Gasteiger charge is -2.35. The molecule has 10 heteroatoms. The number of hydrogen-bond acceptors (Lipinski definition) is 5. The number of nitro benzene ring substituents is 1. The Kier molecular flexibility index (Phi) is 7.21. The van der Waals surface area contributed by atoms with E-state index in [1.54, 1.807) is 6.07 Å². The van der Waals surface area contributed by atoms with Crippen LogP contribution < -0.4 is 10.0 Å². The van der Waals surface area contributed by atoms with Gasteiger partial charge < -0.3 is 8.94 Å². The third kappa shape index (κ3) is 5.16. The molecule has 0 N–H and O–H groups in total. The molecule has 0 aliphatic rings. The molecular formula is C21H20Br3N2O4P. The molecule has 0 spiro atoms. The maximum Gasteiger partial charge on any atom is 0.270 e. The van der Waals surface area contributed by atoms with Crippen LogP contribution in [0.25, 0.3) is 0 Å². The van der Waals surface area contributed by atoms with E-state index >= 15 is 0 Å². The molecule has 2 aromatic carbocycles. The average Bonchev–Trinajstić information content (AvgIpc) is 3.10. The van der Waals surface area contributed by atoms with Crippen molar-refractivity contribution in [2.75, 3.05) is 0 Å². The van der Waals surface area contributed by atoms with Gasteiger partial charge in [-0.15, -0.1) is 0 Å². The second kappa shape index (κ2) is 9.22. The molecule has 0 fully saturated rings. The van der Waals surface area contributed by atoms with Gasteiger partial charge in [0.15, 0.2) is 5.50 Å². The van der Waals surface area contributed by atoms with Gasteiger partial charge in [0.05, 0.1) is 19.6 Å². The molecule has 0 aliphatic carbocycles. The quantitative estimate of drug-likeness (QED) is 0.160. The van der Waals surface area contributed by atoms with Crippen LogP contribution in [0.15, 0.2) is 71.1 Å². The van der Waals surface area contributed by atoms with E-state index < -0.39 is 17.4 Å². The summed E-state index contributed by atoms with van der Waals surface area (Å²) >= 11 is 10.5. The number of furan rings is 1. The zero-order valence-corrected chi connectivity index (χ0v) is 22.9.